The van der Waals surface area contributed by atoms with Crippen molar-refractivity contribution in [3.05, 3.63) is 38.3 Å². The van der Waals surface area contributed by atoms with E-state index in [1.807, 2.05) is 23.9 Å². The molecule has 2 heterocycles. The second-order valence-electron chi connectivity index (χ2n) is 7.08. The van der Waals surface area contributed by atoms with Crippen LogP contribution in [-0.2, 0) is 0 Å². The highest BCUT2D eigenvalue weighted by Gasteiger charge is 2.55. The van der Waals surface area contributed by atoms with Gasteiger partial charge < -0.3 is 14.8 Å². The number of para-hydroxylation sites is 1. The Morgan fingerprint density at radius 3 is 2.96 bits per heavy atom. The van der Waals surface area contributed by atoms with Crippen LogP contribution >= 0.6 is 23.1 Å². The Kier molecular flexibility index (Phi) is 3.29. The normalized spacial score (nSPS) is 33.3. The lowest BCUT2D eigenvalue weighted by Crippen LogP contribution is -2.33. The van der Waals surface area contributed by atoms with Crippen molar-refractivity contribution in [1.29, 1.82) is 0 Å². The molecule has 4 nitrogen and oxygen atoms in total. The zero-order valence-corrected chi connectivity index (χ0v) is 15.0. The van der Waals surface area contributed by atoms with Crippen LogP contribution in [0.3, 0.4) is 0 Å². The topological polar surface area (TPSA) is 62.3 Å². The van der Waals surface area contributed by atoms with Crippen LogP contribution < -0.4 is 9.61 Å². The second-order valence-corrected chi connectivity index (χ2v) is 9.28. The van der Waals surface area contributed by atoms with Crippen molar-refractivity contribution in [2.45, 2.75) is 35.5 Å². The highest BCUT2D eigenvalue weighted by molar-refractivity contribution is 8.00. The van der Waals surface area contributed by atoms with E-state index in [2.05, 4.69) is 4.98 Å². The van der Waals surface area contributed by atoms with Gasteiger partial charge in [0, 0.05) is 21.6 Å². The van der Waals surface area contributed by atoms with Crippen LogP contribution in [0.1, 0.15) is 35.6 Å². The molecule has 126 valence electrons. The van der Waals surface area contributed by atoms with Gasteiger partial charge in [0.25, 0.3) is 0 Å². The number of H-pyrrole nitrogens is 1. The van der Waals surface area contributed by atoms with E-state index in [0.29, 0.717) is 22.8 Å². The number of fused-ring (bicyclic) bond motifs is 6. The molecule has 24 heavy (non-hydrogen) atoms. The van der Waals surface area contributed by atoms with Gasteiger partial charge in [0.1, 0.15) is 0 Å². The van der Waals surface area contributed by atoms with Crippen LogP contribution in [0.5, 0.6) is 11.5 Å². The van der Waals surface area contributed by atoms with Gasteiger partial charge in [0.05, 0.1) is 12.1 Å². The first-order valence-electron chi connectivity index (χ1n) is 8.43. The molecule has 1 aromatic heterocycles. The van der Waals surface area contributed by atoms with Gasteiger partial charge in [0.15, 0.2) is 11.5 Å². The predicted octanol–water partition coefficient (Wildman–Crippen LogP) is 3.80. The van der Waals surface area contributed by atoms with Crippen LogP contribution in [0.25, 0.3) is 0 Å². The summed E-state index contributed by atoms with van der Waals surface area (Å²) in [7, 11) is 1.58. The predicted molar refractivity (Wildman–Crippen MR) is 95.4 cm³/mol. The first kappa shape index (κ1) is 14.9. The number of hydrogen-bond donors (Lipinski definition) is 2. The number of aromatic hydroxyl groups is 1. The first-order chi connectivity index (χ1) is 11.7. The molecule has 2 aliphatic carbocycles. The Bertz CT molecular complexity index is 858. The summed E-state index contributed by atoms with van der Waals surface area (Å²) in [6, 6.07) is 5.72. The largest absolute Gasteiger partial charge is 0.504 e. The molecule has 3 aliphatic rings. The number of thiazole rings is 1. The van der Waals surface area contributed by atoms with E-state index >= 15 is 0 Å². The fourth-order valence-corrected chi connectivity index (χ4v) is 8.04. The number of phenols is 1. The summed E-state index contributed by atoms with van der Waals surface area (Å²) in [4.78, 5) is 16.1. The minimum Gasteiger partial charge on any atom is -0.504 e. The summed E-state index contributed by atoms with van der Waals surface area (Å²) in [5, 5.41) is 12.3. The number of ether oxygens (including phenoxy) is 1. The number of rotatable bonds is 2. The Morgan fingerprint density at radius 1 is 1.29 bits per heavy atom. The number of aromatic amines is 1. The van der Waals surface area contributed by atoms with Gasteiger partial charge in [0.2, 0.25) is 0 Å². The van der Waals surface area contributed by atoms with Crippen LogP contribution in [0.15, 0.2) is 28.0 Å². The highest BCUT2D eigenvalue weighted by atomic mass is 32.2. The zero-order chi connectivity index (χ0) is 16.4. The van der Waals surface area contributed by atoms with E-state index in [1.54, 1.807) is 13.2 Å². The maximum absolute atomic E-state index is 12.0. The zero-order valence-electron chi connectivity index (χ0n) is 13.3. The fourth-order valence-electron chi connectivity index (χ4n) is 5.15. The summed E-state index contributed by atoms with van der Waals surface area (Å²) >= 11 is 3.18. The van der Waals surface area contributed by atoms with Gasteiger partial charge in [-0.1, -0.05) is 23.5 Å². The molecule has 1 aromatic carbocycles. The molecule has 0 unspecified atom stereocenters. The van der Waals surface area contributed by atoms with E-state index in [0.717, 1.165) is 21.4 Å². The average Bonchev–Trinajstić information content (AvgIpc) is 3.26. The van der Waals surface area contributed by atoms with E-state index < -0.39 is 0 Å². The summed E-state index contributed by atoms with van der Waals surface area (Å²) in [6.07, 6.45) is 3.88. The maximum atomic E-state index is 12.0. The summed E-state index contributed by atoms with van der Waals surface area (Å²) in [5.41, 5.74) is 0.911. The fraction of sp³-hybridized carbons (Fsp3) is 0.500. The summed E-state index contributed by atoms with van der Waals surface area (Å²) in [6.45, 7) is 0. The molecule has 2 bridgehead atoms. The Hall–Kier alpha value is -1.40. The van der Waals surface area contributed by atoms with Gasteiger partial charge >= 0.3 is 4.87 Å². The van der Waals surface area contributed by atoms with Crippen molar-refractivity contribution in [2.24, 2.45) is 17.8 Å². The van der Waals surface area contributed by atoms with Gasteiger partial charge in [-0.05, 0) is 43.1 Å². The molecule has 2 fully saturated rings. The molecule has 2 N–H and O–H groups in total. The number of hydrogen-bond acceptors (Lipinski definition) is 5. The lowest BCUT2D eigenvalue weighted by Gasteiger charge is -2.40. The van der Waals surface area contributed by atoms with Crippen LogP contribution in [0.2, 0.25) is 0 Å². The van der Waals surface area contributed by atoms with Crippen molar-refractivity contribution in [1.82, 2.24) is 4.98 Å². The van der Waals surface area contributed by atoms with Crippen molar-refractivity contribution in [3.8, 4) is 11.5 Å². The quantitative estimate of drug-likeness (QED) is 0.854. The molecule has 5 rings (SSSR count). The van der Waals surface area contributed by atoms with Crippen LogP contribution in [-0.4, -0.2) is 22.5 Å². The maximum Gasteiger partial charge on any atom is 0.305 e. The Labute approximate surface area is 148 Å². The van der Waals surface area contributed by atoms with E-state index in [-0.39, 0.29) is 16.5 Å². The van der Waals surface area contributed by atoms with Crippen LogP contribution in [0.4, 0.5) is 0 Å². The second kappa shape index (κ2) is 5.30. The molecule has 0 spiro atoms. The smallest absolute Gasteiger partial charge is 0.305 e. The molecule has 0 radical (unpaired) electrons. The molecule has 6 heteroatoms. The standard InChI is InChI=1S/C18H19NO3S2/c1-22-11-4-2-3-10(14(11)20)13-12-8-5-6-9(7-8)15(12)23-17-16(13)24-18(21)19-17/h2-4,8-9,12-13,15,20H,5-7H2,1H3,(H,19,21)/t8-,9-,12-,13-,15-/m1/s1. The Morgan fingerprint density at radius 2 is 2.12 bits per heavy atom. The minimum atomic E-state index is 0.00667. The third kappa shape index (κ3) is 1.96. The number of phenolic OH excluding ortho intramolecular Hbond substituents is 1. The van der Waals surface area contributed by atoms with Gasteiger partial charge in [-0.15, -0.1) is 11.8 Å². The summed E-state index contributed by atoms with van der Waals surface area (Å²) in [5.74, 6) is 2.79. The van der Waals surface area contributed by atoms with Gasteiger partial charge in [-0.3, -0.25) is 4.79 Å². The lowest BCUT2D eigenvalue weighted by atomic mass is 9.74. The molecule has 5 atom stereocenters. The van der Waals surface area contributed by atoms with Crippen molar-refractivity contribution >= 4 is 23.1 Å². The number of aromatic nitrogens is 1. The number of benzene rings is 1. The molecule has 1 aliphatic heterocycles. The SMILES string of the molecule is COc1cccc([C@H]2c3sc(=O)[nH]c3S[C@@H]3[C@@H]4CC[C@H](C4)[C@H]23)c1O. The molecule has 0 amide bonds. The van der Waals surface area contributed by atoms with Crippen LogP contribution in [0, 0.1) is 17.8 Å². The number of thioether (sulfide) groups is 1. The number of methoxy groups -OCH3 is 1. The van der Waals surface area contributed by atoms with Crippen molar-refractivity contribution < 1.29 is 9.84 Å². The van der Waals surface area contributed by atoms with Crippen molar-refractivity contribution in [3.63, 3.8) is 0 Å². The molecule has 0 saturated heterocycles. The molecular formula is C18H19NO3S2. The van der Waals surface area contributed by atoms with Crippen molar-refractivity contribution in [2.75, 3.05) is 7.11 Å². The summed E-state index contributed by atoms with van der Waals surface area (Å²) < 4.78 is 5.32. The molecule has 2 saturated carbocycles. The monoisotopic (exact) mass is 361 g/mol. The van der Waals surface area contributed by atoms with Gasteiger partial charge in [-0.25, -0.2) is 0 Å². The van der Waals surface area contributed by atoms with E-state index in [4.69, 9.17) is 4.74 Å². The Balaban J connectivity index is 1.71. The van der Waals surface area contributed by atoms with E-state index in [1.165, 1.54) is 30.6 Å². The number of nitrogens with one attached hydrogen (secondary N) is 1. The third-order valence-electron chi connectivity index (χ3n) is 6.05. The third-order valence-corrected chi connectivity index (χ3v) is 8.67. The molecule has 2 aromatic rings. The highest BCUT2D eigenvalue weighted by Crippen LogP contribution is 2.64. The first-order valence-corrected chi connectivity index (χ1v) is 10.1. The van der Waals surface area contributed by atoms with Gasteiger partial charge in [-0.2, -0.15) is 0 Å². The minimum absolute atomic E-state index is 0.00667. The molecular weight excluding hydrogens is 342 g/mol. The average molecular weight is 361 g/mol. The van der Waals surface area contributed by atoms with E-state index in [9.17, 15) is 9.90 Å². The lowest BCUT2D eigenvalue weighted by molar-refractivity contribution is 0.300.